The Hall–Kier alpha value is -3.35. The summed E-state index contributed by atoms with van der Waals surface area (Å²) in [7, 11) is 0. The second-order valence-corrected chi connectivity index (χ2v) is 6.18. The summed E-state index contributed by atoms with van der Waals surface area (Å²) in [6.45, 7) is 2.71. The highest BCUT2D eigenvalue weighted by Crippen LogP contribution is 2.26. The Morgan fingerprint density at radius 1 is 1.23 bits per heavy atom. The van der Waals surface area contributed by atoms with Gasteiger partial charge in [0, 0.05) is 30.5 Å². The standard InChI is InChI=1S/C19H19N5O2/c1-2-3-9-20-19(26)23-11-15-16(12-23)21-10-14-17(15)22-24(18(14)25)13-7-5-4-6-8-13/h4-8,10-12,21H,2-3,9H2,1H3,(H,20,26). The number of nitrogens with one attached hydrogen (secondary N) is 2. The zero-order valence-electron chi connectivity index (χ0n) is 14.4. The molecule has 2 N–H and O–H groups in total. The Balaban J connectivity index is 1.78. The molecule has 0 atom stereocenters. The van der Waals surface area contributed by atoms with Crippen LogP contribution in [0.15, 0.2) is 53.7 Å². The first kappa shape index (κ1) is 16.1. The van der Waals surface area contributed by atoms with Crippen molar-refractivity contribution in [2.45, 2.75) is 19.8 Å². The first-order chi connectivity index (χ1) is 12.7. The maximum Gasteiger partial charge on any atom is 0.325 e. The summed E-state index contributed by atoms with van der Waals surface area (Å²) in [5.41, 5.74) is 2.34. The number of aromatic amines is 1. The van der Waals surface area contributed by atoms with E-state index in [4.69, 9.17) is 0 Å². The Kier molecular flexibility index (Phi) is 4.04. The average Bonchev–Trinajstić information content (AvgIpc) is 3.24. The summed E-state index contributed by atoms with van der Waals surface area (Å²) in [6.07, 6.45) is 7.01. The Labute approximate surface area is 149 Å². The Morgan fingerprint density at radius 2 is 2.04 bits per heavy atom. The molecule has 0 aliphatic carbocycles. The number of carbonyl (C=O) groups excluding carboxylic acids is 1. The fourth-order valence-electron chi connectivity index (χ4n) is 2.98. The lowest BCUT2D eigenvalue weighted by Gasteiger charge is -2.03. The summed E-state index contributed by atoms with van der Waals surface area (Å²) in [5.74, 6) is 0. The van der Waals surface area contributed by atoms with Gasteiger partial charge in [0.25, 0.3) is 5.56 Å². The third-order valence-electron chi connectivity index (χ3n) is 4.37. The topological polar surface area (TPSA) is 84.7 Å². The van der Waals surface area contributed by atoms with E-state index in [1.54, 1.807) is 18.6 Å². The van der Waals surface area contributed by atoms with Gasteiger partial charge in [-0.1, -0.05) is 31.5 Å². The molecule has 0 radical (unpaired) electrons. The summed E-state index contributed by atoms with van der Waals surface area (Å²) in [4.78, 5) is 28.0. The van der Waals surface area contributed by atoms with Crippen LogP contribution in [0.4, 0.5) is 4.79 Å². The van der Waals surface area contributed by atoms with Crippen LogP contribution in [0.25, 0.3) is 27.8 Å². The number of hydrogen-bond donors (Lipinski definition) is 2. The highest BCUT2D eigenvalue weighted by Gasteiger charge is 2.20. The molecule has 2 aromatic rings. The minimum absolute atomic E-state index is 0.190. The van der Waals surface area contributed by atoms with E-state index < -0.39 is 0 Å². The molecule has 0 unspecified atom stereocenters. The number of nitrogens with zero attached hydrogens (tertiary/aromatic N) is 3. The molecule has 0 bridgehead atoms. The van der Waals surface area contributed by atoms with Crippen LogP contribution in [-0.4, -0.2) is 31.9 Å². The Morgan fingerprint density at radius 3 is 2.81 bits per heavy atom. The number of H-pyrrole nitrogens is 1. The van der Waals surface area contributed by atoms with E-state index in [0.717, 1.165) is 23.7 Å². The van der Waals surface area contributed by atoms with Gasteiger partial charge in [0.2, 0.25) is 0 Å². The van der Waals surface area contributed by atoms with Crippen molar-refractivity contribution < 1.29 is 4.79 Å². The van der Waals surface area contributed by atoms with Crippen molar-refractivity contribution in [3.63, 3.8) is 0 Å². The van der Waals surface area contributed by atoms with Gasteiger partial charge in [-0.15, -0.1) is 0 Å². The lowest BCUT2D eigenvalue weighted by atomic mass is 10.1. The molecule has 0 fully saturated rings. The van der Waals surface area contributed by atoms with E-state index in [1.165, 1.54) is 9.25 Å². The van der Waals surface area contributed by atoms with E-state index in [9.17, 15) is 9.59 Å². The number of carbonyl (C=O) groups is 1. The number of benzene rings is 1. The largest absolute Gasteiger partial charge is 0.359 e. The SMILES string of the molecule is CCCCNC(=O)n1cc2[nH]cc3c(=O)n(-c4ccccc4)nc-3c2c1. The van der Waals surface area contributed by atoms with Gasteiger partial charge in [0.15, 0.2) is 0 Å². The zero-order valence-corrected chi connectivity index (χ0v) is 14.4. The van der Waals surface area contributed by atoms with Crippen LogP contribution in [0.3, 0.4) is 0 Å². The van der Waals surface area contributed by atoms with Gasteiger partial charge < -0.3 is 10.3 Å². The fourth-order valence-corrected chi connectivity index (χ4v) is 2.98. The molecule has 4 rings (SSSR count). The van der Waals surface area contributed by atoms with E-state index in [0.29, 0.717) is 23.5 Å². The molecule has 0 saturated heterocycles. The van der Waals surface area contributed by atoms with Crippen molar-refractivity contribution in [1.82, 2.24) is 24.6 Å². The predicted octanol–water partition coefficient (Wildman–Crippen LogP) is 2.98. The molecular formula is C19H19N5O2. The number of para-hydroxylation sites is 1. The molecule has 3 heterocycles. The first-order valence-electron chi connectivity index (χ1n) is 8.65. The number of unbranched alkanes of at least 4 members (excludes halogenated alkanes) is 1. The minimum Gasteiger partial charge on any atom is -0.359 e. The van der Waals surface area contributed by atoms with Crippen LogP contribution in [0.5, 0.6) is 0 Å². The van der Waals surface area contributed by atoms with Crippen LogP contribution in [-0.2, 0) is 0 Å². The summed E-state index contributed by atoms with van der Waals surface area (Å²) >= 11 is 0. The summed E-state index contributed by atoms with van der Waals surface area (Å²) < 4.78 is 2.87. The quantitative estimate of drug-likeness (QED) is 0.556. The smallest absolute Gasteiger partial charge is 0.325 e. The van der Waals surface area contributed by atoms with Crippen LogP contribution in [0.2, 0.25) is 0 Å². The van der Waals surface area contributed by atoms with Gasteiger partial charge in [-0.2, -0.15) is 9.78 Å². The lowest BCUT2D eigenvalue weighted by Crippen LogP contribution is -2.28. The van der Waals surface area contributed by atoms with Crippen molar-refractivity contribution in [2.24, 2.45) is 0 Å². The van der Waals surface area contributed by atoms with Gasteiger partial charge in [0.05, 0.1) is 16.8 Å². The molecule has 7 nitrogen and oxygen atoms in total. The zero-order chi connectivity index (χ0) is 18.1. The highest BCUT2D eigenvalue weighted by atomic mass is 16.2. The second-order valence-electron chi connectivity index (χ2n) is 6.18. The number of hydrogen-bond acceptors (Lipinski definition) is 3. The van der Waals surface area contributed by atoms with Crippen molar-refractivity contribution >= 4 is 16.9 Å². The molecule has 2 aliphatic rings. The molecule has 132 valence electrons. The van der Waals surface area contributed by atoms with Gasteiger partial charge in [0.1, 0.15) is 5.69 Å². The second kappa shape index (κ2) is 6.51. The number of aromatic nitrogens is 4. The van der Waals surface area contributed by atoms with Gasteiger partial charge in [-0.05, 0) is 18.6 Å². The van der Waals surface area contributed by atoms with Crippen molar-refractivity contribution in [3.05, 3.63) is 59.3 Å². The normalized spacial score (nSPS) is 11.3. The number of amides is 1. The lowest BCUT2D eigenvalue weighted by molar-refractivity contribution is 0.242. The maximum absolute atomic E-state index is 12.7. The van der Waals surface area contributed by atoms with Crippen LogP contribution in [0.1, 0.15) is 19.8 Å². The Bertz CT molecular complexity index is 1090. The highest BCUT2D eigenvalue weighted by molar-refractivity contribution is 5.95. The van der Waals surface area contributed by atoms with E-state index >= 15 is 0 Å². The minimum atomic E-state index is -0.193. The molecule has 1 amide bonds. The average molecular weight is 349 g/mol. The third kappa shape index (κ3) is 2.67. The third-order valence-corrected chi connectivity index (χ3v) is 4.37. The molecule has 1 aromatic carbocycles. The molecule has 7 heteroatoms. The van der Waals surface area contributed by atoms with Crippen molar-refractivity contribution in [1.29, 1.82) is 0 Å². The van der Waals surface area contributed by atoms with Crippen LogP contribution < -0.4 is 10.9 Å². The van der Waals surface area contributed by atoms with E-state index in [-0.39, 0.29) is 11.6 Å². The predicted molar refractivity (Wildman–Crippen MR) is 100 cm³/mol. The fraction of sp³-hybridized carbons (Fsp3) is 0.211. The molecular weight excluding hydrogens is 330 g/mol. The van der Waals surface area contributed by atoms with Gasteiger partial charge >= 0.3 is 6.03 Å². The molecule has 2 aliphatic heterocycles. The van der Waals surface area contributed by atoms with Crippen LogP contribution >= 0.6 is 0 Å². The molecule has 26 heavy (non-hydrogen) atoms. The van der Waals surface area contributed by atoms with E-state index in [2.05, 4.69) is 22.3 Å². The van der Waals surface area contributed by atoms with Gasteiger partial charge in [-0.3, -0.25) is 9.36 Å². The van der Waals surface area contributed by atoms with E-state index in [1.807, 2.05) is 30.3 Å². The monoisotopic (exact) mass is 349 g/mol. The van der Waals surface area contributed by atoms with Crippen molar-refractivity contribution in [3.8, 4) is 16.9 Å². The van der Waals surface area contributed by atoms with Crippen LogP contribution in [0, 0.1) is 0 Å². The number of rotatable bonds is 4. The molecule has 0 saturated carbocycles. The summed E-state index contributed by atoms with van der Waals surface area (Å²) in [5, 5.41) is 8.11. The van der Waals surface area contributed by atoms with Crippen molar-refractivity contribution in [2.75, 3.05) is 6.54 Å². The number of fused-ring (bicyclic) bond motifs is 3. The summed E-state index contributed by atoms with van der Waals surface area (Å²) in [6, 6.07) is 9.09. The first-order valence-corrected chi connectivity index (χ1v) is 8.65. The number of pyridine rings is 1. The maximum atomic E-state index is 12.7. The molecule has 0 spiro atoms. The molecule has 1 aromatic heterocycles. The van der Waals surface area contributed by atoms with Gasteiger partial charge in [-0.25, -0.2) is 4.79 Å².